The van der Waals surface area contributed by atoms with Gasteiger partial charge in [0.2, 0.25) is 5.90 Å². The largest absolute Gasteiger partial charge is 0.471 e. The molecule has 0 N–H and O–H groups in total. The Morgan fingerprint density at radius 3 is 2.57 bits per heavy atom. The summed E-state index contributed by atoms with van der Waals surface area (Å²) in [7, 11) is 0. The van der Waals surface area contributed by atoms with E-state index >= 15 is 0 Å². The lowest BCUT2D eigenvalue weighted by Crippen LogP contribution is -2.26. The maximum atomic E-state index is 5.70. The summed E-state index contributed by atoms with van der Waals surface area (Å²) >= 11 is 19.4. The lowest BCUT2D eigenvalue weighted by atomic mass is 10.1. The zero-order valence-corrected chi connectivity index (χ0v) is 12.1. The molecule has 0 spiro atoms. The molecule has 1 aliphatic rings. The van der Waals surface area contributed by atoms with Gasteiger partial charge in [0.15, 0.2) is 0 Å². The van der Waals surface area contributed by atoms with E-state index in [9.17, 15) is 0 Å². The monoisotopic (exact) mass is 369 g/mol. The molecule has 1 rings (SSSR count). The molecule has 0 amide bonds. The van der Waals surface area contributed by atoms with E-state index in [0.717, 1.165) is 17.3 Å². The van der Waals surface area contributed by atoms with E-state index in [1.807, 2.05) is 0 Å². The highest BCUT2D eigenvalue weighted by Gasteiger charge is 2.39. The van der Waals surface area contributed by atoms with Crippen molar-refractivity contribution in [2.75, 3.05) is 4.43 Å². The van der Waals surface area contributed by atoms with Crippen LogP contribution >= 0.6 is 57.4 Å². The topological polar surface area (TPSA) is 21.6 Å². The second-order valence-corrected chi connectivity index (χ2v) is 6.26. The second-order valence-electron chi connectivity index (χ2n) is 3.10. The Kier molecular flexibility index (Phi) is 5.08. The molecule has 82 valence electrons. The standard InChI is InChI=1S/C8H11Cl3INO/c1-2-3-5-6(4-12)14-7(13-5)8(9,10)11/h5-6H,2-4H2,1H3. The molecule has 1 heterocycles. The zero-order chi connectivity index (χ0) is 10.8. The van der Waals surface area contributed by atoms with E-state index in [1.165, 1.54) is 0 Å². The van der Waals surface area contributed by atoms with Crippen molar-refractivity contribution in [3.63, 3.8) is 0 Å². The molecule has 2 atom stereocenters. The fourth-order valence-electron chi connectivity index (χ4n) is 1.31. The van der Waals surface area contributed by atoms with Gasteiger partial charge in [0, 0.05) is 4.43 Å². The second kappa shape index (κ2) is 5.41. The van der Waals surface area contributed by atoms with Crippen LogP contribution < -0.4 is 0 Å². The number of hydrogen-bond acceptors (Lipinski definition) is 2. The molecular weight excluding hydrogens is 359 g/mol. The summed E-state index contributed by atoms with van der Waals surface area (Å²) in [4.78, 5) is 4.30. The van der Waals surface area contributed by atoms with Crippen molar-refractivity contribution in [3.05, 3.63) is 0 Å². The van der Waals surface area contributed by atoms with Crippen molar-refractivity contribution < 1.29 is 4.74 Å². The summed E-state index contributed by atoms with van der Waals surface area (Å²) in [6.45, 7) is 2.10. The van der Waals surface area contributed by atoms with Crippen molar-refractivity contribution in [1.29, 1.82) is 0 Å². The van der Waals surface area contributed by atoms with Crippen LogP contribution in [-0.2, 0) is 4.74 Å². The average molecular weight is 370 g/mol. The predicted octanol–water partition coefficient (Wildman–Crippen LogP) is 3.76. The van der Waals surface area contributed by atoms with Crippen molar-refractivity contribution in [3.8, 4) is 0 Å². The highest BCUT2D eigenvalue weighted by atomic mass is 127. The highest BCUT2D eigenvalue weighted by Crippen LogP contribution is 2.34. The van der Waals surface area contributed by atoms with E-state index in [2.05, 4.69) is 34.5 Å². The lowest BCUT2D eigenvalue weighted by molar-refractivity contribution is 0.212. The van der Waals surface area contributed by atoms with Gasteiger partial charge < -0.3 is 4.74 Å². The summed E-state index contributed by atoms with van der Waals surface area (Å²) in [5, 5.41) is 0. The van der Waals surface area contributed by atoms with Crippen molar-refractivity contribution >= 4 is 63.3 Å². The molecule has 0 saturated heterocycles. The van der Waals surface area contributed by atoms with Crippen molar-refractivity contribution in [2.24, 2.45) is 4.99 Å². The number of ether oxygens (including phenoxy) is 1. The minimum Gasteiger partial charge on any atom is -0.471 e. The maximum Gasteiger partial charge on any atom is 0.266 e. The van der Waals surface area contributed by atoms with Gasteiger partial charge >= 0.3 is 0 Å². The summed E-state index contributed by atoms with van der Waals surface area (Å²) in [6, 6.07) is 0.141. The summed E-state index contributed by atoms with van der Waals surface area (Å²) in [5.41, 5.74) is 0. The molecule has 0 aromatic rings. The molecular formula is C8H11Cl3INO. The molecule has 2 unspecified atom stereocenters. The van der Waals surface area contributed by atoms with E-state index in [0.29, 0.717) is 0 Å². The van der Waals surface area contributed by atoms with Gasteiger partial charge in [-0.1, -0.05) is 70.7 Å². The minimum atomic E-state index is -1.52. The van der Waals surface area contributed by atoms with Crippen molar-refractivity contribution in [2.45, 2.75) is 35.7 Å². The van der Waals surface area contributed by atoms with Crippen LogP contribution in [0.1, 0.15) is 19.8 Å². The molecule has 14 heavy (non-hydrogen) atoms. The number of rotatable bonds is 3. The Hall–Kier alpha value is 1.07. The number of hydrogen-bond donors (Lipinski definition) is 0. The minimum absolute atomic E-state index is 0.0566. The fourth-order valence-corrected chi connectivity index (χ4v) is 2.35. The third kappa shape index (κ3) is 3.29. The van der Waals surface area contributed by atoms with Gasteiger partial charge in [0.25, 0.3) is 3.79 Å². The molecule has 0 aromatic heterocycles. The van der Waals surface area contributed by atoms with Crippen LogP contribution in [-0.4, -0.2) is 26.3 Å². The first kappa shape index (κ1) is 13.1. The van der Waals surface area contributed by atoms with Gasteiger partial charge in [-0.15, -0.1) is 0 Å². The molecule has 0 bridgehead atoms. The van der Waals surface area contributed by atoms with E-state index in [-0.39, 0.29) is 18.0 Å². The van der Waals surface area contributed by atoms with Crippen LogP contribution in [0.3, 0.4) is 0 Å². The Morgan fingerprint density at radius 1 is 1.50 bits per heavy atom. The van der Waals surface area contributed by atoms with Gasteiger partial charge in [-0.05, 0) is 6.42 Å². The Morgan fingerprint density at radius 2 is 2.14 bits per heavy atom. The fraction of sp³-hybridized carbons (Fsp3) is 0.875. The number of alkyl halides is 4. The average Bonchev–Trinajstić information content (AvgIpc) is 2.47. The predicted molar refractivity (Wildman–Crippen MR) is 70.2 cm³/mol. The zero-order valence-electron chi connectivity index (χ0n) is 7.64. The van der Waals surface area contributed by atoms with Gasteiger partial charge in [-0.2, -0.15) is 0 Å². The molecule has 0 saturated carbocycles. The Labute approximate surface area is 112 Å². The molecule has 1 aliphatic heterocycles. The molecule has 0 radical (unpaired) electrons. The van der Waals surface area contributed by atoms with E-state index < -0.39 is 3.79 Å². The van der Waals surface area contributed by atoms with Crippen molar-refractivity contribution in [1.82, 2.24) is 0 Å². The van der Waals surface area contributed by atoms with Gasteiger partial charge in [-0.3, -0.25) is 0 Å². The summed E-state index contributed by atoms with van der Waals surface area (Å²) in [5.74, 6) is 0.239. The smallest absolute Gasteiger partial charge is 0.266 e. The maximum absolute atomic E-state index is 5.70. The molecule has 6 heteroatoms. The SMILES string of the molecule is CCCC1N=C(C(Cl)(Cl)Cl)OC1CI. The Balaban J connectivity index is 2.69. The molecule has 2 nitrogen and oxygen atoms in total. The van der Waals surface area contributed by atoms with E-state index in [1.54, 1.807) is 0 Å². The quantitative estimate of drug-likeness (QED) is 0.548. The lowest BCUT2D eigenvalue weighted by Gasteiger charge is -2.15. The third-order valence-electron chi connectivity index (χ3n) is 1.95. The molecule has 0 aliphatic carbocycles. The summed E-state index contributed by atoms with van der Waals surface area (Å²) < 4.78 is 4.82. The number of aliphatic imine (C=N–C) groups is 1. The first-order chi connectivity index (χ1) is 6.49. The van der Waals surface area contributed by atoms with Gasteiger partial charge in [-0.25, -0.2) is 4.99 Å². The normalized spacial score (nSPS) is 27.4. The van der Waals surface area contributed by atoms with Crippen LogP contribution in [0.2, 0.25) is 0 Å². The van der Waals surface area contributed by atoms with Crippen LogP contribution in [0.5, 0.6) is 0 Å². The first-order valence-corrected chi connectivity index (χ1v) is 7.02. The van der Waals surface area contributed by atoms with Crippen LogP contribution in [0.15, 0.2) is 4.99 Å². The first-order valence-electron chi connectivity index (χ1n) is 4.36. The van der Waals surface area contributed by atoms with Crippen LogP contribution in [0.4, 0.5) is 0 Å². The van der Waals surface area contributed by atoms with Crippen LogP contribution in [0, 0.1) is 0 Å². The molecule has 0 aromatic carbocycles. The summed E-state index contributed by atoms with van der Waals surface area (Å²) in [6.07, 6.45) is 2.08. The van der Waals surface area contributed by atoms with Crippen LogP contribution in [0.25, 0.3) is 0 Å². The number of halogens is 4. The van der Waals surface area contributed by atoms with Gasteiger partial charge in [0.1, 0.15) is 6.10 Å². The Bertz CT molecular complexity index is 229. The van der Waals surface area contributed by atoms with Gasteiger partial charge in [0.05, 0.1) is 6.04 Å². The van der Waals surface area contributed by atoms with E-state index in [4.69, 9.17) is 39.5 Å². The third-order valence-corrected chi connectivity index (χ3v) is 3.31. The number of nitrogens with zero attached hydrogens (tertiary/aromatic N) is 1. The highest BCUT2D eigenvalue weighted by molar-refractivity contribution is 14.1. The molecule has 0 fully saturated rings.